The van der Waals surface area contributed by atoms with E-state index < -0.39 is 11.6 Å². The maximum Gasteiger partial charge on any atom is 0.180 e. The Morgan fingerprint density at radius 1 is 1.05 bits per heavy atom. The van der Waals surface area contributed by atoms with Gasteiger partial charge in [0.25, 0.3) is 0 Å². The Kier molecular flexibility index (Phi) is 8.25. The van der Waals surface area contributed by atoms with Gasteiger partial charge in [-0.3, -0.25) is 9.98 Å². The Morgan fingerprint density at radius 2 is 1.76 bits per heavy atom. The lowest BCUT2D eigenvalue weighted by atomic mass is 10.1. The SMILES string of the molecule is CCOc1cc(F)c(CNc2ccccc2C(=NC)c2nc(C)c(Cl)c(Nc3ccncc3)n2)c(F)c1. The van der Waals surface area contributed by atoms with E-state index in [-0.39, 0.29) is 17.9 Å². The number of anilines is 3. The van der Waals surface area contributed by atoms with E-state index in [1.165, 1.54) is 12.1 Å². The van der Waals surface area contributed by atoms with Gasteiger partial charge in [0.05, 0.1) is 12.3 Å². The van der Waals surface area contributed by atoms with Crippen molar-refractivity contribution in [1.29, 1.82) is 0 Å². The van der Waals surface area contributed by atoms with Gasteiger partial charge in [-0.05, 0) is 32.0 Å². The van der Waals surface area contributed by atoms with Crippen molar-refractivity contribution >= 4 is 34.5 Å². The lowest BCUT2D eigenvalue weighted by Gasteiger charge is -2.16. The smallest absolute Gasteiger partial charge is 0.180 e. The van der Waals surface area contributed by atoms with Crippen molar-refractivity contribution in [2.45, 2.75) is 20.4 Å². The molecular formula is C27H25ClF2N6O. The largest absolute Gasteiger partial charge is 0.494 e. The predicted molar refractivity (Wildman–Crippen MR) is 142 cm³/mol. The van der Waals surface area contributed by atoms with Crippen molar-refractivity contribution in [1.82, 2.24) is 15.0 Å². The van der Waals surface area contributed by atoms with Crippen LogP contribution in [0.5, 0.6) is 5.75 Å². The maximum absolute atomic E-state index is 14.6. The van der Waals surface area contributed by atoms with Gasteiger partial charge in [0.2, 0.25) is 0 Å². The number of hydrogen-bond donors (Lipinski definition) is 2. The molecule has 0 aliphatic carbocycles. The summed E-state index contributed by atoms with van der Waals surface area (Å²) in [5.74, 6) is -0.481. The number of nitrogens with one attached hydrogen (secondary N) is 2. The van der Waals surface area contributed by atoms with E-state index in [0.717, 1.165) is 5.69 Å². The van der Waals surface area contributed by atoms with Crippen molar-refractivity contribution in [3.8, 4) is 5.75 Å². The summed E-state index contributed by atoms with van der Waals surface area (Å²) in [5.41, 5.74) is 2.97. The van der Waals surface area contributed by atoms with E-state index in [0.29, 0.717) is 45.9 Å². The second-order valence-electron chi connectivity index (χ2n) is 7.93. The van der Waals surface area contributed by atoms with Crippen LogP contribution in [0, 0.1) is 18.6 Å². The molecule has 0 bridgehead atoms. The highest BCUT2D eigenvalue weighted by Crippen LogP contribution is 2.28. The summed E-state index contributed by atoms with van der Waals surface area (Å²) in [6, 6.07) is 13.2. The number of aliphatic imine (C=N–C) groups is 1. The average Bonchev–Trinajstić information content (AvgIpc) is 2.88. The van der Waals surface area contributed by atoms with Gasteiger partial charge < -0.3 is 15.4 Å². The Bertz CT molecular complexity index is 1410. The molecule has 0 radical (unpaired) electrons. The molecule has 190 valence electrons. The first kappa shape index (κ1) is 26.0. The number of aryl methyl sites for hydroxylation is 1. The summed E-state index contributed by atoms with van der Waals surface area (Å²) >= 11 is 6.48. The van der Waals surface area contributed by atoms with Gasteiger partial charge in [-0.15, -0.1) is 0 Å². The molecule has 0 atom stereocenters. The third-order valence-electron chi connectivity index (χ3n) is 5.46. The number of ether oxygens (including phenoxy) is 1. The number of pyridine rings is 1. The number of nitrogens with zero attached hydrogens (tertiary/aromatic N) is 4. The van der Waals surface area contributed by atoms with Crippen LogP contribution >= 0.6 is 11.6 Å². The lowest BCUT2D eigenvalue weighted by molar-refractivity contribution is 0.335. The normalized spacial score (nSPS) is 11.4. The standard InChI is InChI=1S/C27H25ClF2N6O/c1-4-37-18-13-21(29)20(22(30)14-18)15-33-23-8-6-5-7-19(23)25(31-3)27-34-16(2)24(28)26(36-27)35-17-9-11-32-12-10-17/h5-14,33H,4,15H2,1-3H3,(H,32,34,35,36). The number of para-hydroxylation sites is 1. The van der Waals surface area contributed by atoms with Crippen molar-refractivity contribution in [2.24, 2.45) is 4.99 Å². The highest BCUT2D eigenvalue weighted by Gasteiger charge is 2.19. The average molecular weight is 523 g/mol. The second kappa shape index (κ2) is 11.7. The second-order valence-corrected chi connectivity index (χ2v) is 8.30. The van der Waals surface area contributed by atoms with Crippen LogP contribution in [-0.4, -0.2) is 34.3 Å². The summed E-state index contributed by atoms with van der Waals surface area (Å²) in [6.45, 7) is 3.75. The molecule has 0 unspecified atom stereocenters. The Hall–Kier alpha value is -4.11. The van der Waals surface area contributed by atoms with Gasteiger partial charge in [0.1, 0.15) is 28.1 Å². The van der Waals surface area contributed by atoms with Crippen LogP contribution in [0.15, 0.2) is 65.9 Å². The van der Waals surface area contributed by atoms with Gasteiger partial charge in [-0.2, -0.15) is 0 Å². The molecule has 2 aromatic heterocycles. The lowest BCUT2D eigenvalue weighted by Crippen LogP contribution is -2.15. The molecule has 0 saturated carbocycles. The molecule has 7 nitrogen and oxygen atoms in total. The molecule has 0 aliphatic heterocycles. The van der Waals surface area contributed by atoms with Gasteiger partial charge in [0, 0.05) is 60.6 Å². The quantitative estimate of drug-likeness (QED) is 0.250. The van der Waals surface area contributed by atoms with E-state index >= 15 is 0 Å². The molecule has 4 aromatic rings. The molecular weight excluding hydrogens is 498 g/mol. The van der Waals surface area contributed by atoms with E-state index in [4.69, 9.17) is 16.3 Å². The van der Waals surface area contributed by atoms with E-state index in [1.807, 2.05) is 18.2 Å². The summed E-state index contributed by atoms with van der Waals surface area (Å²) in [4.78, 5) is 17.6. The van der Waals surface area contributed by atoms with Crippen molar-refractivity contribution in [2.75, 3.05) is 24.3 Å². The molecule has 0 amide bonds. The first-order chi connectivity index (χ1) is 17.9. The topological polar surface area (TPSA) is 84.3 Å². The Morgan fingerprint density at radius 3 is 2.43 bits per heavy atom. The first-order valence-corrected chi connectivity index (χ1v) is 11.9. The monoisotopic (exact) mass is 522 g/mol. The molecule has 0 fully saturated rings. The van der Waals surface area contributed by atoms with Crippen LogP contribution in [0.1, 0.15) is 29.6 Å². The third kappa shape index (κ3) is 6.00. The summed E-state index contributed by atoms with van der Waals surface area (Å²) < 4.78 is 34.4. The van der Waals surface area contributed by atoms with Gasteiger partial charge in [0.15, 0.2) is 11.6 Å². The zero-order valence-corrected chi connectivity index (χ0v) is 21.3. The molecule has 2 aromatic carbocycles. The number of halogens is 3. The van der Waals surface area contributed by atoms with E-state index in [1.54, 1.807) is 51.5 Å². The number of rotatable bonds is 9. The van der Waals surface area contributed by atoms with Crippen LogP contribution in [0.2, 0.25) is 5.02 Å². The molecule has 2 heterocycles. The highest BCUT2D eigenvalue weighted by atomic mass is 35.5. The molecule has 2 N–H and O–H groups in total. The number of hydrogen-bond acceptors (Lipinski definition) is 7. The van der Waals surface area contributed by atoms with E-state index in [9.17, 15) is 8.78 Å². The van der Waals surface area contributed by atoms with Gasteiger partial charge in [-0.25, -0.2) is 18.7 Å². The minimum absolute atomic E-state index is 0.0899. The van der Waals surface area contributed by atoms with Crippen molar-refractivity contribution in [3.05, 3.63) is 100 Å². The first-order valence-electron chi connectivity index (χ1n) is 11.5. The van der Waals surface area contributed by atoms with Crippen LogP contribution in [-0.2, 0) is 6.54 Å². The number of benzene rings is 2. The molecule has 4 rings (SSSR count). The van der Waals surface area contributed by atoms with Crippen molar-refractivity contribution < 1.29 is 13.5 Å². The molecule has 0 aliphatic rings. The fraction of sp³-hybridized carbons (Fsp3) is 0.185. The Labute approximate surface area is 218 Å². The van der Waals surface area contributed by atoms with Crippen molar-refractivity contribution in [3.63, 3.8) is 0 Å². The van der Waals surface area contributed by atoms with Gasteiger partial charge >= 0.3 is 0 Å². The zero-order valence-electron chi connectivity index (χ0n) is 20.5. The zero-order chi connectivity index (χ0) is 26.4. The third-order valence-corrected chi connectivity index (χ3v) is 5.91. The fourth-order valence-corrected chi connectivity index (χ4v) is 3.82. The summed E-state index contributed by atoms with van der Waals surface area (Å²) in [6.07, 6.45) is 3.31. The van der Waals surface area contributed by atoms with Crippen LogP contribution < -0.4 is 15.4 Å². The maximum atomic E-state index is 14.6. The predicted octanol–water partition coefficient (Wildman–Crippen LogP) is 6.33. The molecule has 0 spiro atoms. The van der Waals surface area contributed by atoms with E-state index in [2.05, 4.69) is 30.6 Å². The summed E-state index contributed by atoms with van der Waals surface area (Å²) in [5, 5.41) is 6.68. The number of aromatic nitrogens is 3. The molecule has 37 heavy (non-hydrogen) atoms. The Balaban J connectivity index is 1.65. The molecule has 10 heteroatoms. The van der Waals surface area contributed by atoms with Crippen LogP contribution in [0.3, 0.4) is 0 Å². The fourth-order valence-electron chi connectivity index (χ4n) is 3.69. The van der Waals surface area contributed by atoms with Crippen LogP contribution in [0.4, 0.5) is 26.0 Å². The minimum Gasteiger partial charge on any atom is -0.494 e. The van der Waals surface area contributed by atoms with Gasteiger partial charge in [-0.1, -0.05) is 29.8 Å². The summed E-state index contributed by atoms with van der Waals surface area (Å²) in [7, 11) is 1.63. The van der Waals surface area contributed by atoms with Crippen LogP contribution in [0.25, 0.3) is 0 Å². The minimum atomic E-state index is -0.693. The highest BCUT2D eigenvalue weighted by molar-refractivity contribution is 6.33. The molecule has 0 saturated heterocycles.